The van der Waals surface area contributed by atoms with Crippen molar-refractivity contribution in [1.82, 2.24) is 0 Å². The summed E-state index contributed by atoms with van der Waals surface area (Å²) in [7, 11) is 1.53. The van der Waals surface area contributed by atoms with Crippen LogP contribution in [0.25, 0.3) is 0 Å². The first kappa shape index (κ1) is 13.1. The van der Waals surface area contributed by atoms with Gasteiger partial charge in [0.1, 0.15) is 11.6 Å². The van der Waals surface area contributed by atoms with Crippen LogP contribution in [0.1, 0.15) is 20.8 Å². The monoisotopic (exact) mass is 284 g/mol. The van der Waals surface area contributed by atoms with E-state index < -0.39 is 5.82 Å². The van der Waals surface area contributed by atoms with Crippen molar-refractivity contribution in [2.45, 2.75) is 6.92 Å². The molecule has 0 unspecified atom stereocenters. The second kappa shape index (κ2) is 5.08. The zero-order chi connectivity index (χ0) is 13.3. The molecule has 0 N–H and O–H groups in total. The third kappa shape index (κ3) is 2.40. The molecular weight excluding hydrogens is 275 g/mol. The number of carbonyl (C=O) groups excluding carboxylic acids is 1. The van der Waals surface area contributed by atoms with Crippen molar-refractivity contribution < 1.29 is 13.9 Å². The van der Waals surface area contributed by atoms with Gasteiger partial charge in [0.25, 0.3) is 0 Å². The number of aryl methyl sites for hydroxylation is 1. The van der Waals surface area contributed by atoms with E-state index in [4.69, 9.17) is 16.3 Å². The molecule has 0 amide bonds. The van der Waals surface area contributed by atoms with E-state index in [-0.39, 0.29) is 10.8 Å². The third-order valence-corrected chi connectivity index (χ3v) is 3.75. The molecule has 0 aliphatic rings. The first-order valence-electron chi connectivity index (χ1n) is 5.16. The Labute approximate surface area is 113 Å². The van der Waals surface area contributed by atoms with Gasteiger partial charge < -0.3 is 4.74 Å². The van der Waals surface area contributed by atoms with Crippen molar-refractivity contribution >= 4 is 28.7 Å². The van der Waals surface area contributed by atoms with Crippen molar-refractivity contribution in [1.29, 1.82) is 0 Å². The normalized spacial score (nSPS) is 10.4. The lowest BCUT2D eigenvalue weighted by Crippen LogP contribution is -2.01. The topological polar surface area (TPSA) is 26.3 Å². The molecule has 1 aromatic carbocycles. The quantitative estimate of drug-likeness (QED) is 0.794. The zero-order valence-corrected chi connectivity index (χ0v) is 11.4. The number of methoxy groups -OCH3 is 1. The van der Waals surface area contributed by atoms with Crippen LogP contribution in [0.5, 0.6) is 5.75 Å². The van der Waals surface area contributed by atoms with Crippen molar-refractivity contribution in [3.63, 3.8) is 0 Å². The summed E-state index contributed by atoms with van der Waals surface area (Å²) in [6, 6.07) is 4.27. The minimum atomic E-state index is -0.416. The Bertz CT molecular complexity index is 607. The predicted octanol–water partition coefficient (Wildman–Crippen LogP) is 4.09. The highest BCUT2D eigenvalue weighted by molar-refractivity contribution is 7.12. The third-order valence-electron chi connectivity index (χ3n) is 2.53. The lowest BCUT2D eigenvalue weighted by Gasteiger charge is -2.04. The number of hydrogen-bond donors (Lipinski definition) is 0. The molecule has 94 valence electrons. The smallest absolute Gasteiger partial charge is 0.204 e. The maximum absolute atomic E-state index is 13.3. The predicted molar refractivity (Wildman–Crippen MR) is 70.5 cm³/mol. The summed E-state index contributed by atoms with van der Waals surface area (Å²) < 4.78 is 18.3. The van der Waals surface area contributed by atoms with Gasteiger partial charge in [-0.1, -0.05) is 11.6 Å². The number of hydrogen-bond acceptors (Lipinski definition) is 3. The van der Waals surface area contributed by atoms with Crippen LogP contribution in [-0.2, 0) is 0 Å². The van der Waals surface area contributed by atoms with Gasteiger partial charge in [0.05, 0.1) is 17.0 Å². The number of ether oxygens (including phenoxy) is 1. The van der Waals surface area contributed by atoms with Crippen LogP contribution in [0.15, 0.2) is 23.6 Å². The SMILES string of the molecule is COc1csc(C(=O)c2cc(C)c(F)cc2Cl)c1. The Morgan fingerprint density at radius 3 is 2.72 bits per heavy atom. The minimum absolute atomic E-state index is 0.121. The van der Waals surface area contributed by atoms with Crippen LogP contribution in [0.2, 0.25) is 5.02 Å². The Balaban J connectivity index is 2.42. The average molecular weight is 285 g/mol. The molecule has 0 bridgehead atoms. The Kier molecular flexibility index (Phi) is 3.68. The van der Waals surface area contributed by atoms with Crippen LogP contribution in [0, 0.1) is 12.7 Å². The van der Waals surface area contributed by atoms with E-state index in [0.29, 0.717) is 21.8 Å². The molecule has 2 nitrogen and oxygen atoms in total. The first-order chi connectivity index (χ1) is 8.52. The van der Waals surface area contributed by atoms with Crippen LogP contribution in [0.3, 0.4) is 0 Å². The molecule has 0 aliphatic heterocycles. The molecule has 0 radical (unpaired) electrons. The highest BCUT2D eigenvalue weighted by atomic mass is 35.5. The summed E-state index contributed by atoms with van der Waals surface area (Å²) in [5, 5.41) is 1.85. The van der Waals surface area contributed by atoms with Gasteiger partial charge in [-0.15, -0.1) is 11.3 Å². The maximum atomic E-state index is 13.3. The lowest BCUT2D eigenvalue weighted by atomic mass is 10.1. The molecule has 1 aromatic heterocycles. The van der Waals surface area contributed by atoms with Crippen molar-refractivity contribution in [2.24, 2.45) is 0 Å². The summed E-state index contributed by atoms with van der Waals surface area (Å²) in [5.41, 5.74) is 0.700. The van der Waals surface area contributed by atoms with Crippen LogP contribution in [-0.4, -0.2) is 12.9 Å². The fraction of sp³-hybridized carbons (Fsp3) is 0.154. The molecule has 2 rings (SSSR count). The Morgan fingerprint density at radius 2 is 2.11 bits per heavy atom. The molecule has 0 fully saturated rings. The molecule has 0 saturated carbocycles. The van der Waals surface area contributed by atoms with Gasteiger partial charge in [-0.25, -0.2) is 4.39 Å². The standard InChI is InChI=1S/C13H10ClFO2S/c1-7-3-9(10(14)5-11(7)15)13(16)12-4-8(17-2)6-18-12/h3-6H,1-2H3. The molecule has 0 atom stereocenters. The van der Waals surface area contributed by atoms with E-state index >= 15 is 0 Å². The summed E-state index contributed by atoms with van der Waals surface area (Å²) >= 11 is 7.17. The largest absolute Gasteiger partial charge is 0.496 e. The fourth-order valence-electron chi connectivity index (χ4n) is 1.51. The van der Waals surface area contributed by atoms with Crippen molar-refractivity contribution in [3.8, 4) is 5.75 Å². The number of rotatable bonds is 3. The van der Waals surface area contributed by atoms with Gasteiger partial charge in [0.15, 0.2) is 0 Å². The van der Waals surface area contributed by atoms with E-state index in [9.17, 15) is 9.18 Å². The molecule has 0 aliphatic carbocycles. The van der Waals surface area contributed by atoms with Gasteiger partial charge in [0.2, 0.25) is 5.78 Å². The fourth-order valence-corrected chi connectivity index (χ4v) is 2.55. The van der Waals surface area contributed by atoms with Gasteiger partial charge in [-0.05, 0) is 24.6 Å². The van der Waals surface area contributed by atoms with E-state index in [1.807, 2.05) is 0 Å². The van der Waals surface area contributed by atoms with Crippen LogP contribution >= 0.6 is 22.9 Å². The molecule has 0 spiro atoms. The first-order valence-corrected chi connectivity index (χ1v) is 6.41. The van der Waals surface area contributed by atoms with Gasteiger partial charge in [-0.3, -0.25) is 4.79 Å². The van der Waals surface area contributed by atoms with Gasteiger partial charge >= 0.3 is 0 Å². The molecule has 18 heavy (non-hydrogen) atoms. The number of benzene rings is 1. The zero-order valence-electron chi connectivity index (χ0n) is 9.79. The lowest BCUT2D eigenvalue weighted by molar-refractivity contribution is 0.104. The minimum Gasteiger partial charge on any atom is -0.496 e. The van der Waals surface area contributed by atoms with E-state index in [0.717, 1.165) is 6.07 Å². The average Bonchev–Trinajstić information content (AvgIpc) is 2.81. The summed E-state index contributed by atoms with van der Waals surface area (Å²) in [6.45, 7) is 1.59. The Morgan fingerprint density at radius 1 is 1.39 bits per heavy atom. The molecule has 5 heteroatoms. The summed E-state index contributed by atoms with van der Waals surface area (Å²) in [6.07, 6.45) is 0. The molecular formula is C13H10ClFO2S. The van der Waals surface area contributed by atoms with E-state index in [2.05, 4.69) is 0 Å². The molecule has 2 aromatic rings. The number of ketones is 1. The van der Waals surface area contributed by atoms with E-state index in [1.54, 1.807) is 18.4 Å². The highest BCUT2D eigenvalue weighted by Gasteiger charge is 2.17. The second-order valence-corrected chi connectivity index (χ2v) is 5.08. The van der Waals surface area contributed by atoms with E-state index in [1.165, 1.54) is 24.5 Å². The summed E-state index contributed by atoms with van der Waals surface area (Å²) in [5.74, 6) is -0.0185. The summed E-state index contributed by atoms with van der Waals surface area (Å²) in [4.78, 5) is 12.7. The second-order valence-electron chi connectivity index (χ2n) is 3.76. The van der Waals surface area contributed by atoms with Crippen LogP contribution < -0.4 is 4.74 Å². The molecule has 0 saturated heterocycles. The number of carbonyl (C=O) groups is 1. The van der Waals surface area contributed by atoms with Crippen molar-refractivity contribution in [2.75, 3.05) is 7.11 Å². The van der Waals surface area contributed by atoms with Crippen LogP contribution in [0.4, 0.5) is 4.39 Å². The molecule has 1 heterocycles. The highest BCUT2D eigenvalue weighted by Crippen LogP contribution is 2.28. The number of halogens is 2. The Hall–Kier alpha value is -1.39. The van der Waals surface area contributed by atoms with Gasteiger partial charge in [0, 0.05) is 17.0 Å². The van der Waals surface area contributed by atoms with Gasteiger partial charge in [-0.2, -0.15) is 0 Å². The number of thiophene rings is 1. The van der Waals surface area contributed by atoms with Crippen molar-refractivity contribution in [3.05, 3.63) is 50.4 Å². The maximum Gasteiger partial charge on any atom is 0.204 e.